The van der Waals surface area contributed by atoms with Crippen molar-refractivity contribution in [1.82, 2.24) is 30.2 Å². The van der Waals surface area contributed by atoms with Crippen molar-refractivity contribution in [3.05, 3.63) is 45.9 Å². The number of methoxy groups -OCH3 is 1. The summed E-state index contributed by atoms with van der Waals surface area (Å²) in [6.45, 7) is 12.3. The summed E-state index contributed by atoms with van der Waals surface area (Å²) < 4.78 is 15.6. The maximum absolute atomic E-state index is 13.5. The molecule has 0 saturated heterocycles. The molecule has 0 spiro atoms. The second kappa shape index (κ2) is 11.8. The average Bonchev–Trinajstić information content (AvgIpc) is 3.15. The van der Waals surface area contributed by atoms with Crippen LogP contribution in [0.4, 0.5) is 4.79 Å². The summed E-state index contributed by atoms with van der Waals surface area (Å²) >= 11 is 1.24. The molecule has 1 aromatic heterocycles. The summed E-state index contributed by atoms with van der Waals surface area (Å²) in [5.74, 6) is 1.36. The van der Waals surface area contributed by atoms with E-state index in [4.69, 9.17) is 19.7 Å². The van der Waals surface area contributed by atoms with Crippen molar-refractivity contribution in [2.75, 3.05) is 20.7 Å². The number of alkyl carbamates (subject to hydrolysis) is 1. The smallest absolute Gasteiger partial charge is 0.413 e. The largest absolute Gasteiger partial charge is 0.496 e. The normalized spacial score (nSPS) is 13.1. The number of hydrogen-bond acceptors (Lipinski definition) is 9. The van der Waals surface area contributed by atoms with Gasteiger partial charge in [0, 0.05) is 47.8 Å². The van der Waals surface area contributed by atoms with Crippen LogP contribution in [0, 0.1) is 13.8 Å². The van der Waals surface area contributed by atoms with Crippen LogP contribution in [0.5, 0.6) is 5.75 Å². The number of rotatable bonds is 7. The van der Waals surface area contributed by atoms with Crippen LogP contribution in [0.25, 0.3) is 11.3 Å². The van der Waals surface area contributed by atoms with Gasteiger partial charge in [-0.3, -0.25) is 15.1 Å². The molecule has 0 fully saturated rings. The Morgan fingerprint density at radius 3 is 2.65 bits per heavy atom. The number of aromatic nitrogens is 4. The molecule has 40 heavy (non-hydrogen) atoms. The molecule has 12 heteroatoms. The quantitative estimate of drug-likeness (QED) is 0.406. The SMILES string of the molecule is CCCCN(C)C(=O)c1cc2nn(Cc3ncc(C)c(OC)c3C)nc3c-2c1CSN=C3NC(=O)OC(C)(C)C. The van der Waals surface area contributed by atoms with Gasteiger partial charge in [0.15, 0.2) is 5.84 Å². The van der Waals surface area contributed by atoms with Crippen molar-refractivity contribution < 1.29 is 19.1 Å². The lowest BCUT2D eigenvalue weighted by Gasteiger charge is -2.20. The molecule has 0 bridgehead atoms. The molecule has 11 nitrogen and oxygen atoms in total. The number of nitrogens with zero attached hydrogens (tertiary/aromatic N) is 6. The molecule has 3 aliphatic rings. The molecule has 0 radical (unpaired) electrons. The van der Waals surface area contributed by atoms with Gasteiger partial charge in [-0.05, 0) is 64.6 Å². The van der Waals surface area contributed by atoms with Crippen LogP contribution < -0.4 is 10.1 Å². The standard InChI is InChI=1S/C28H37N7O4S/c1-9-10-11-34(7)26(36)18-12-20-22-19(18)15-40-33-25(30-27(37)39-28(4,5)6)23(22)32-35(31-20)14-21-17(3)24(38-8)16(2)13-29-21/h12-13H,9-11,14-15H2,1-8H3,(H,30,33,37). The molecular formula is C28H37N7O4S. The fraction of sp³-hybridized carbons (Fsp3) is 0.500. The zero-order valence-electron chi connectivity index (χ0n) is 24.4. The highest BCUT2D eigenvalue weighted by atomic mass is 32.2. The zero-order valence-corrected chi connectivity index (χ0v) is 25.2. The Bertz CT molecular complexity index is 1430. The Kier molecular flexibility index (Phi) is 8.67. The Morgan fingerprint density at radius 2 is 1.98 bits per heavy atom. The van der Waals surface area contributed by atoms with Crippen molar-refractivity contribution >= 4 is 29.8 Å². The van der Waals surface area contributed by atoms with Crippen LogP contribution in [-0.2, 0) is 17.0 Å². The summed E-state index contributed by atoms with van der Waals surface area (Å²) in [5.41, 5.74) is 4.93. The number of amides is 2. The number of carbonyl (C=O) groups excluding carboxylic acids is 2. The topological polar surface area (TPSA) is 124 Å². The monoisotopic (exact) mass is 567 g/mol. The Morgan fingerprint density at radius 1 is 1.23 bits per heavy atom. The predicted octanol–water partition coefficient (Wildman–Crippen LogP) is 4.76. The van der Waals surface area contributed by atoms with E-state index in [0.717, 1.165) is 41.0 Å². The summed E-state index contributed by atoms with van der Waals surface area (Å²) in [5, 5.41) is 12.3. The number of aryl methyl sites for hydroxylation is 1. The number of nitrogens with one attached hydrogen (secondary N) is 1. The van der Waals surface area contributed by atoms with E-state index in [-0.39, 0.29) is 18.3 Å². The number of pyridine rings is 1. The second-order valence-corrected chi connectivity index (χ2v) is 11.6. The van der Waals surface area contributed by atoms with E-state index in [0.29, 0.717) is 34.8 Å². The van der Waals surface area contributed by atoms with Gasteiger partial charge in [0.25, 0.3) is 5.91 Å². The van der Waals surface area contributed by atoms with Crippen LogP contribution in [0.3, 0.4) is 0 Å². The number of hydrogen-bond donors (Lipinski definition) is 1. The highest BCUT2D eigenvalue weighted by Crippen LogP contribution is 2.38. The molecule has 1 N–H and O–H groups in total. The van der Waals surface area contributed by atoms with Crippen molar-refractivity contribution in [3.8, 4) is 17.0 Å². The molecule has 0 saturated carbocycles. The lowest BCUT2D eigenvalue weighted by Crippen LogP contribution is -2.37. The molecule has 1 aliphatic carbocycles. The van der Waals surface area contributed by atoms with Gasteiger partial charge in [-0.1, -0.05) is 13.3 Å². The van der Waals surface area contributed by atoms with Crippen LogP contribution in [0.2, 0.25) is 0 Å². The van der Waals surface area contributed by atoms with E-state index < -0.39 is 11.7 Å². The molecule has 2 aliphatic heterocycles. The molecule has 1 aromatic rings. The first-order chi connectivity index (χ1) is 18.9. The van der Waals surface area contributed by atoms with E-state index >= 15 is 0 Å². The average molecular weight is 568 g/mol. The highest BCUT2D eigenvalue weighted by molar-refractivity contribution is 7.97. The summed E-state index contributed by atoms with van der Waals surface area (Å²) in [4.78, 5) is 34.1. The lowest BCUT2D eigenvalue weighted by atomic mass is 10.1. The maximum atomic E-state index is 13.5. The maximum Gasteiger partial charge on any atom is 0.413 e. The Balaban J connectivity index is 1.82. The van der Waals surface area contributed by atoms with E-state index in [1.54, 1.807) is 39.0 Å². The Hall–Kier alpha value is -3.67. The highest BCUT2D eigenvalue weighted by Gasteiger charge is 2.32. The molecule has 3 heterocycles. The first-order valence-corrected chi connectivity index (χ1v) is 14.2. The summed E-state index contributed by atoms with van der Waals surface area (Å²) in [6, 6.07) is 1.81. The van der Waals surface area contributed by atoms with Crippen LogP contribution >= 0.6 is 11.9 Å². The van der Waals surface area contributed by atoms with Crippen LogP contribution in [0.1, 0.15) is 79.0 Å². The third-order valence-electron chi connectivity index (χ3n) is 6.51. The third-order valence-corrected chi connectivity index (χ3v) is 7.24. The number of amidine groups is 1. The fourth-order valence-corrected chi connectivity index (χ4v) is 5.33. The number of unbranched alkanes of at least 4 members (excludes halogenated alkanes) is 1. The summed E-state index contributed by atoms with van der Waals surface area (Å²) in [7, 11) is 3.44. The molecule has 0 atom stereocenters. The molecule has 4 rings (SSSR count). The van der Waals surface area contributed by atoms with Crippen molar-refractivity contribution in [1.29, 1.82) is 0 Å². The second-order valence-electron chi connectivity index (χ2n) is 10.8. The van der Waals surface area contributed by atoms with Crippen LogP contribution in [-0.4, -0.2) is 69.0 Å². The van der Waals surface area contributed by atoms with E-state index in [9.17, 15) is 9.59 Å². The van der Waals surface area contributed by atoms with Gasteiger partial charge < -0.3 is 14.4 Å². The van der Waals surface area contributed by atoms with Crippen molar-refractivity contribution in [2.24, 2.45) is 4.40 Å². The molecule has 0 aromatic carbocycles. The minimum Gasteiger partial charge on any atom is -0.496 e. The van der Waals surface area contributed by atoms with E-state index in [2.05, 4.69) is 21.6 Å². The zero-order chi connectivity index (χ0) is 29.2. The number of carbonyl (C=O) groups is 2. The summed E-state index contributed by atoms with van der Waals surface area (Å²) in [6.07, 6.45) is 3.02. The Labute approximate surface area is 239 Å². The van der Waals surface area contributed by atoms with Gasteiger partial charge >= 0.3 is 6.09 Å². The van der Waals surface area contributed by atoms with Crippen molar-refractivity contribution in [3.63, 3.8) is 0 Å². The van der Waals surface area contributed by atoms with Gasteiger partial charge in [0.05, 0.1) is 18.5 Å². The molecule has 2 amide bonds. The lowest BCUT2D eigenvalue weighted by molar-refractivity contribution is 0.0563. The van der Waals surface area contributed by atoms with Crippen molar-refractivity contribution in [2.45, 2.75) is 72.3 Å². The fourth-order valence-electron chi connectivity index (χ4n) is 4.57. The van der Waals surface area contributed by atoms with Gasteiger partial charge in [-0.25, -0.2) is 4.79 Å². The first kappa shape index (κ1) is 29.3. The van der Waals surface area contributed by atoms with E-state index in [1.165, 1.54) is 16.7 Å². The third kappa shape index (κ3) is 6.22. The minimum atomic E-state index is -0.689. The molecule has 214 valence electrons. The van der Waals surface area contributed by atoms with Gasteiger partial charge in [-0.15, -0.1) is 0 Å². The van der Waals surface area contributed by atoms with Gasteiger partial charge in [0.1, 0.15) is 23.6 Å². The van der Waals surface area contributed by atoms with Gasteiger partial charge in [0.2, 0.25) is 0 Å². The predicted molar refractivity (Wildman–Crippen MR) is 155 cm³/mol. The van der Waals surface area contributed by atoms with Gasteiger partial charge in [-0.2, -0.15) is 19.4 Å². The minimum absolute atomic E-state index is 0.0797. The molecule has 0 unspecified atom stereocenters. The van der Waals surface area contributed by atoms with E-state index in [1.807, 2.05) is 27.0 Å². The first-order valence-electron chi connectivity index (χ1n) is 13.3. The number of ether oxygens (including phenoxy) is 2. The molecular weight excluding hydrogens is 530 g/mol. The van der Waals surface area contributed by atoms with Crippen LogP contribution in [0.15, 0.2) is 16.7 Å².